The van der Waals surface area contributed by atoms with E-state index in [2.05, 4.69) is 25.8 Å². The second kappa shape index (κ2) is 8.68. The fourth-order valence-corrected chi connectivity index (χ4v) is 3.09. The van der Waals surface area contributed by atoms with Crippen LogP contribution in [0.1, 0.15) is 0 Å². The van der Waals surface area contributed by atoms with Crippen LogP contribution in [0.25, 0.3) is 0 Å². The number of amides is 2. The molecule has 3 heterocycles. The Hall–Kier alpha value is -3.82. The Balaban J connectivity index is 1.32. The van der Waals surface area contributed by atoms with Crippen LogP contribution in [0.2, 0.25) is 0 Å². The summed E-state index contributed by atoms with van der Waals surface area (Å²) < 4.78 is 27.5. The number of nitrogens with zero attached hydrogens (tertiary/aromatic N) is 5. The number of pyridine rings is 1. The molecule has 1 aromatic carbocycles. The molecule has 0 aliphatic carbocycles. The summed E-state index contributed by atoms with van der Waals surface area (Å²) in [5.41, 5.74) is 0.422. The molecule has 0 bridgehead atoms. The first-order valence-corrected chi connectivity index (χ1v) is 9.36. The molecular formula is C20H19F2N7O. The van der Waals surface area contributed by atoms with Crippen molar-refractivity contribution in [2.24, 2.45) is 0 Å². The number of benzene rings is 1. The quantitative estimate of drug-likeness (QED) is 0.686. The number of anilines is 4. The van der Waals surface area contributed by atoms with E-state index in [1.54, 1.807) is 12.4 Å². The van der Waals surface area contributed by atoms with Crippen LogP contribution in [-0.4, -0.2) is 52.3 Å². The van der Waals surface area contributed by atoms with Crippen molar-refractivity contribution in [1.29, 1.82) is 0 Å². The first-order chi connectivity index (χ1) is 14.6. The van der Waals surface area contributed by atoms with E-state index in [0.717, 1.165) is 17.8 Å². The van der Waals surface area contributed by atoms with Crippen molar-refractivity contribution in [3.05, 3.63) is 66.5 Å². The summed E-state index contributed by atoms with van der Waals surface area (Å²) in [5.74, 6) is -0.319. The lowest BCUT2D eigenvalue weighted by Gasteiger charge is -2.35. The van der Waals surface area contributed by atoms with Gasteiger partial charge >= 0.3 is 6.03 Å². The van der Waals surface area contributed by atoms with E-state index >= 15 is 0 Å². The van der Waals surface area contributed by atoms with Crippen molar-refractivity contribution < 1.29 is 13.6 Å². The minimum atomic E-state index is -0.808. The molecule has 0 spiro atoms. The topological polar surface area (TPSA) is 86.3 Å². The van der Waals surface area contributed by atoms with Crippen molar-refractivity contribution in [3.63, 3.8) is 0 Å². The maximum absolute atomic E-state index is 13.7. The number of nitrogens with one attached hydrogen (secondary N) is 2. The lowest BCUT2D eigenvalue weighted by Crippen LogP contribution is -2.50. The fourth-order valence-electron chi connectivity index (χ4n) is 3.09. The molecule has 2 N–H and O–H groups in total. The number of rotatable bonds is 4. The summed E-state index contributed by atoms with van der Waals surface area (Å²) in [6, 6.07) is 10.2. The molecule has 30 heavy (non-hydrogen) atoms. The van der Waals surface area contributed by atoms with E-state index < -0.39 is 23.4 Å². The number of carbonyl (C=O) groups is 1. The van der Waals surface area contributed by atoms with Crippen LogP contribution in [0.4, 0.5) is 36.6 Å². The number of aromatic nitrogens is 3. The van der Waals surface area contributed by atoms with Gasteiger partial charge in [-0.15, -0.1) is 10.2 Å². The Labute approximate surface area is 171 Å². The van der Waals surface area contributed by atoms with E-state index in [1.165, 1.54) is 11.0 Å². The molecule has 2 amide bonds. The van der Waals surface area contributed by atoms with E-state index in [4.69, 9.17) is 0 Å². The fraction of sp³-hybridized carbons (Fsp3) is 0.200. The molecule has 0 atom stereocenters. The molecule has 0 saturated carbocycles. The number of para-hydroxylation sites is 1. The average molecular weight is 411 g/mol. The second-order valence-corrected chi connectivity index (χ2v) is 6.64. The first-order valence-electron chi connectivity index (χ1n) is 9.36. The third-order valence-electron chi connectivity index (χ3n) is 4.69. The summed E-state index contributed by atoms with van der Waals surface area (Å²) in [5, 5.41) is 13.9. The average Bonchev–Trinajstić information content (AvgIpc) is 2.78. The summed E-state index contributed by atoms with van der Waals surface area (Å²) >= 11 is 0. The Morgan fingerprint density at radius 3 is 2.23 bits per heavy atom. The molecule has 1 fully saturated rings. The van der Waals surface area contributed by atoms with Crippen LogP contribution in [0.15, 0.2) is 54.9 Å². The number of piperazine rings is 1. The summed E-state index contributed by atoms with van der Waals surface area (Å²) in [7, 11) is 0. The van der Waals surface area contributed by atoms with Gasteiger partial charge < -0.3 is 20.4 Å². The van der Waals surface area contributed by atoms with Crippen molar-refractivity contribution in [2.45, 2.75) is 0 Å². The number of urea groups is 1. The monoisotopic (exact) mass is 411 g/mol. The minimum absolute atomic E-state index is 0.389. The molecule has 10 heteroatoms. The molecule has 1 aliphatic heterocycles. The molecule has 1 saturated heterocycles. The van der Waals surface area contributed by atoms with Crippen LogP contribution in [0.5, 0.6) is 0 Å². The maximum Gasteiger partial charge on any atom is 0.322 e. The van der Waals surface area contributed by atoms with Gasteiger partial charge in [0, 0.05) is 44.3 Å². The predicted octanol–water partition coefficient (Wildman–Crippen LogP) is 3.25. The van der Waals surface area contributed by atoms with E-state index in [-0.39, 0.29) is 0 Å². The number of halogens is 2. The summed E-state index contributed by atoms with van der Waals surface area (Å²) in [6.45, 7) is 1.83. The van der Waals surface area contributed by atoms with Gasteiger partial charge in [-0.1, -0.05) is 6.07 Å². The minimum Gasteiger partial charge on any atom is -0.352 e. The summed E-state index contributed by atoms with van der Waals surface area (Å²) in [4.78, 5) is 19.8. The molecule has 0 unspecified atom stereocenters. The molecule has 0 radical (unpaired) electrons. The highest BCUT2D eigenvalue weighted by atomic mass is 19.1. The molecule has 8 nitrogen and oxygen atoms in total. The lowest BCUT2D eigenvalue weighted by molar-refractivity contribution is 0.208. The molecule has 3 aromatic rings. The normalized spacial score (nSPS) is 13.8. The van der Waals surface area contributed by atoms with Gasteiger partial charge in [-0.25, -0.2) is 13.6 Å². The van der Waals surface area contributed by atoms with Gasteiger partial charge in [0.05, 0.1) is 0 Å². The number of hydrogen-bond acceptors (Lipinski definition) is 6. The zero-order valence-electron chi connectivity index (χ0n) is 15.9. The summed E-state index contributed by atoms with van der Waals surface area (Å²) in [6.07, 6.45) is 3.36. The van der Waals surface area contributed by atoms with Crippen LogP contribution >= 0.6 is 0 Å². The van der Waals surface area contributed by atoms with Crippen LogP contribution in [0.3, 0.4) is 0 Å². The van der Waals surface area contributed by atoms with Gasteiger partial charge in [-0.3, -0.25) is 4.98 Å². The van der Waals surface area contributed by atoms with Crippen LogP contribution in [-0.2, 0) is 0 Å². The molecule has 1 aliphatic rings. The highest BCUT2D eigenvalue weighted by molar-refractivity contribution is 5.89. The lowest BCUT2D eigenvalue weighted by atomic mass is 10.3. The van der Waals surface area contributed by atoms with Crippen molar-refractivity contribution in [2.75, 3.05) is 41.7 Å². The molecule has 2 aromatic heterocycles. The van der Waals surface area contributed by atoms with Gasteiger partial charge in [-0.2, -0.15) is 0 Å². The zero-order chi connectivity index (χ0) is 20.9. The van der Waals surface area contributed by atoms with Crippen molar-refractivity contribution in [3.8, 4) is 0 Å². The first kappa shape index (κ1) is 19.5. The van der Waals surface area contributed by atoms with Gasteiger partial charge in [0.2, 0.25) is 0 Å². The smallest absolute Gasteiger partial charge is 0.322 e. The third kappa shape index (κ3) is 4.43. The standard InChI is InChI=1S/C20H19F2N7O/c21-15-2-1-3-16(22)19(15)25-20(30)29-12-10-28(11-13-29)18-5-4-17(26-27-18)24-14-6-8-23-9-7-14/h1-9H,10-13H2,(H,25,30)(H,23,24,26). The Morgan fingerprint density at radius 2 is 1.60 bits per heavy atom. The zero-order valence-corrected chi connectivity index (χ0v) is 15.9. The molecular weight excluding hydrogens is 392 g/mol. The van der Waals surface area contributed by atoms with Crippen LogP contribution < -0.4 is 15.5 Å². The molecule has 154 valence electrons. The maximum atomic E-state index is 13.7. The van der Waals surface area contributed by atoms with Gasteiger partial charge in [0.1, 0.15) is 17.3 Å². The van der Waals surface area contributed by atoms with E-state index in [0.29, 0.717) is 37.8 Å². The van der Waals surface area contributed by atoms with Gasteiger partial charge in [0.15, 0.2) is 11.6 Å². The van der Waals surface area contributed by atoms with E-state index in [9.17, 15) is 13.6 Å². The number of carbonyl (C=O) groups excluding carboxylic acids is 1. The number of hydrogen-bond donors (Lipinski definition) is 2. The SMILES string of the molecule is O=C(Nc1c(F)cccc1F)N1CCN(c2ccc(Nc3ccncc3)nn2)CC1. The van der Waals surface area contributed by atoms with Crippen molar-refractivity contribution in [1.82, 2.24) is 20.1 Å². The predicted molar refractivity (Wildman–Crippen MR) is 109 cm³/mol. The highest BCUT2D eigenvalue weighted by Crippen LogP contribution is 2.20. The van der Waals surface area contributed by atoms with Gasteiger partial charge in [-0.05, 0) is 36.4 Å². The molecule has 4 rings (SSSR count). The van der Waals surface area contributed by atoms with E-state index in [1.807, 2.05) is 29.2 Å². The van der Waals surface area contributed by atoms with Crippen molar-refractivity contribution >= 4 is 29.0 Å². The largest absolute Gasteiger partial charge is 0.352 e. The Morgan fingerprint density at radius 1 is 0.900 bits per heavy atom. The van der Waals surface area contributed by atoms with Gasteiger partial charge in [0.25, 0.3) is 0 Å². The second-order valence-electron chi connectivity index (χ2n) is 6.64. The van der Waals surface area contributed by atoms with Crippen LogP contribution in [0, 0.1) is 11.6 Å². The highest BCUT2D eigenvalue weighted by Gasteiger charge is 2.23. The third-order valence-corrected chi connectivity index (χ3v) is 4.69. The Kier molecular flexibility index (Phi) is 5.64. The Bertz CT molecular complexity index is 989.